The monoisotopic (exact) mass is 326 g/mol. The predicted molar refractivity (Wildman–Crippen MR) is 93.3 cm³/mol. The number of aliphatic carboxylic acids is 1. The molecule has 0 saturated carbocycles. The summed E-state index contributed by atoms with van der Waals surface area (Å²) >= 11 is 0. The first-order valence-electron chi connectivity index (χ1n) is 8.32. The standard InChI is InChI=1S/C18H22N4O2/c23-18(24)15(11-14-7-3-1-4-8-14)21-16-12-17(20-13-19-16)22-9-5-2-6-10-22/h1,3-4,7-8,12-13,15H,2,5-6,9-11H2,(H,23,24)(H,19,20,21)/t15-/m1/s1. The SMILES string of the molecule is O=C(O)[C@@H](Cc1ccccc1)Nc1cc(N2CCCCC2)ncn1. The van der Waals surface area contributed by atoms with Crippen LogP contribution in [0.1, 0.15) is 24.8 Å². The van der Waals surface area contributed by atoms with Crippen molar-refractivity contribution in [2.75, 3.05) is 23.3 Å². The first-order chi connectivity index (χ1) is 11.7. The maximum Gasteiger partial charge on any atom is 0.326 e. The van der Waals surface area contributed by atoms with Crippen molar-refractivity contribution in [3.8, 4) is 0 Å². The van der Waals surface area contributed by atoms with Crippen LogP contribution in [0.15, 0.2) is 42.7 Å². The van der Waals surface area contributed by atoms with E-state index in [1.807, 2.05) is 36.4 Å². The molecule has 0 aliphatic carbocycles. The minimum Gasteiger partial charge on any atom is -0.480 e. The molecule has 1 aliphatic rings. The van der Waals surface area contributed by atoms with Crippen molar-refractivity contribution in [3.63, 3.8) is 0 Å². The Balaban J connectivity index is 1.71. The number of carbonyl (C=O) groups is 1. The average Bonchev–Trinajstić information content (AvgIpc) is 2.63. The highest BCUT2D eigenvalue weighted by atomic mass is 16.4. The van der Waals surface area contributed by atoms with Gasteiger partial charge in [-0.05, 0) is 24.8 Å². The number of rotatable bonds is 6. The first kappa shape index (κ1) is 16.2. The van der Waals surface area contributed by atoms with Gasteiger partial charge in [-0.2, -0.15) is 0 Å². The molecule has 2 aromatic rings. The van der Waals surface area contributed by atoms with Crippen molar-refractivity contribution in [1.82, 2.24) is 9.97 Å². The fraction of sp³-hybridized carbons (Fsp3) is 0.389. The summed E-state index contributed by atoms with van der Waals surface area (Å²) in [4.78, 5) is 22.3. The van der Waals surface area contributed by atoms with E-state index in [0.717, 1.165) is 24.5 Å². The molecule has 1 saturated heterocycles. The van der Waals surface area contributed by atoms with E-state index in [0.29, 0.717) is 12.2 Å². The summed E-state index contributed by atoms with van der Waals surface area (Å²) in [6.07, 6.45) is 5.48. The molecule has 2 heterocycles. The second-order valence-corrected chi connectivity index (χ2v) is 6.03. The Morgan fingerprint density at radius 3 is 2.62 bits per heavy atom. The maximum absolute atomic E-state index is 11.6. The zero-order valence-corrected chi connectivity index (χ0v) is 13.6. The largest absolute Gasteiger partial charge is 0.480 e. The Morgan fingerprint density at radius 2 is 1.92 bits per heavy atom. The lowest BCUT2D eigenvalue weighted by Gasteiger charge is -2.27. The number of aromatic nitrogens is 2. The van der Waals surface area contributed by atoms with E-state index >= 15 is 0 Å². The minimum absolute atomic E-state index is 0.402. The van der Waals surface area contributed by atoms with Crippen molar-refractivity contribution in [1.29, 1.82) is 0 Å². The molecule has 3 rings (SSSR count). The van der Waals surface area contributed by atoms with Crippen LogP contribution in [-0.4, -0.2) is 40.2 Å². The molecule has 126 valence electrons. The molecule has 1 aromatic carbocycles. The van der Waals surface area contributed by atoms with E-state index in [1.54, 1.807) is 0 Å². The van der Waals surface area contributed by atoms with Gasteiger partial charge in [0.1, 0.15) is 24.0 Å². The molecule has 0 spiro atoms. The molecule has 24 heavy (non-hydrogen) atoms. The number of carboxylic acid groups (broad SMARTS) is 1. The second-order valence-electron chi connectivity index (χ2n) is 6.03. The molecule has 1 atom stereocenters. The van der Waals surface area contributed by atoms with E-state index in [2.05, 4.69) is 20.2 Å². The smallest absolute Gasteiger partial charge is 0.326 e. The topological polar surface area (TPSA) is 78.4 Å². The average molecular weight is 326 g/mol. The molecule has 0 bridgehead atoms. The second kappa shape index (κ2) is 7.77. The Kier molecular flexibility index (Phi) is 5.25. The number of nitrogens with zero attached hydrogens (tertiary/aromatic N) is 3. The summed E-state index contributed by atoms with van der Waals surface area (Å²) in [6, 6.07) is 10.7. The van der Waals surface area contributed by atoms with Crippen LogP contribution in [-0.2, 0) is 11.2 Å². The Bertz CT molecular complexity index is 672. The highest BCUT2D eigenvalue weighted by Gasteiger charge is 2.19. The van der Waals surface area contributed by atoms with E-state index in [9.17, 15) is 9.90 Å². The van der Waals surface area contributed by atoms with E-state index in [4.69, 9.17) is 0 Å². The van der Waals surface area contributed by atoms with Gasteiger partial charge in [-0.25, -0.2) is 14.8 Å². The molecule has 6 heteroatoms. The number of hydrogen-bond donors (Lipinski definition) is 2. The summed E-state index contributed by atoms with van der Waals surface area (Å²) in [5, 5.41) is 12.5. The Hall–Kier alpha value is -2.63. The van der Waals surface area contributed by atoms with Gasteiger partial charge in [0, 0.05) is 25.6 Å². The lowest BCUT2D eigenvalue weighted by molar-refractivity contribution is -0.137. The highest BCUT2D eigenvalue weighted by Crippen LogP contribution is 2.20. The van der Waals surface area contributed by atoms with Crippen LogP contribution in [0.2, 0.25) is 0 Å². The van der Waals surface area contributed by atoms with Crippen molar-refractivity contribution >= 4 is 17.6 Å². The van der Waals surface area contributed by atoms with Gasteiger partial charge in [0.25, 0.3) is 0 Å². The van der Waals surface area contributed by atoms with Gasteiger partial charge in [0.2, 0.25) is 0 Å². The van der Waals surface area contributed by atoms with Crippen LogP contribution in [0.5, 0.6) is 0 Å². The van der Waals surface area contributed by atoms with Crippen LogP contribution in [0, 0.1) is 0 Å². The van der Waals surface area contributed by atoms with Crippen molar-refractivity contribution < 1.29 is 9.90 Å². The maximum atomic E-state index is 11.6. The number of carboxylic acids is 1. The lowest BCUT2D eigenvalue weighted by Crippen LogP contribution is -2.33. The molecule has 0 amide bonds. The number of hydrogen-bond acceptors (Lipinski definition) is 5. The van der Waals surface area contributed by atoms with Gasteiger partial charge in [0.15, 0.2) is 0 Å². The quantitative estimate of drug-likeness (QED) is 0.849. The molecule has 6 nitrogen and oxygen atoms in total. The number of piperidine rings is 1. The van der Waals surface area contributed by atoms with Crippen LogP contribution in [0.3, 0.4) is 0 Å². The zero-order chi connectivity index (χ0) is 16.8. The van der Waals surface area contributed by atoms with Gasteiger partial charge < -0.3 is 15.3 Å². The van der Waals surface area contributed by atoms with Crippen LogP contribution >= 0.6 is 0 Å². The van der Waals surface area contributed by atoms with Gasteiger partial charge in [-0.1, -0.05) is 30.3 Å². The zero-order valence-electron chi connectivity index (χ0n) is 13.6. The van der Waals surface area contributed by atoms with Crippen molar-refractivity contribution in [2.45, 2.75) is 31.7 Å². The predicted octanol–water partition coefficient (Wildman–Crippen LogP) is 2.57. The van der Waals surface area contributed by atoms with Crippen LogP contribution < -0.4 is 10.2 Å². The van der Waals surface area contributed by atoms with E-state index in [-0.39, 0.29) is 0 Å². The van der Waals surface area contributed by atoms with Crippen molar-refractivity contribution in [3.05, 3.63) is 48.3 Å². The van der Waals surface area contributed by atoms with Gasteiger partial charge in [0.05, 0.1) is 0 Å². The summed E-state index contributed by atoms with van der Waals surface area (Å²) in [5.74, 6) is 0.516. The van der Waals surface area contributed by atoms with Crippen molar-refractivity contribution in [2.24, 2.45) is 0 Å². The van der Waals surface area contributed by atoms with Crippen LogP contribution in [0.4, 0.5) is 11.6 Å². The van der Waals surface area contributed by atoms with Gasteiger partial charge in [-0.15, -0.1) is 0 Å². The molecular weight excluding hydrogens is 304 g/mol. The summed E-state index contributed by atoms with van der Waals surface area (Å²) in [7, 11) is 0. The normalized spacial score (nSPS) is 15.8. The molecule has 2 N–H and O–H groups in total. The van der Waals surface area contributed by atoms with Crippen LogP contribution in [0.25, 0.3) is 0 Å². The minimum atomic E-state index is -0.892. The molecule has 1 aliphatic heterocycles. The fourth-order valence-electron chi connectivity index (χ4n) is 2.95. The van der Waals surface area contributed by atoms with Gasteiger partial charge in [-0.3, -0.25) is 0 Å². The third-order valence-corrected chi connectivity index (χ3v) is 4.24. The van der Waals surface area contributed by atoms with E-state index in [1.165, 1.54) is 25.6 Å². The van der Waals surface area contributed by atoms with E-state index < -0.39 is 12.0 Å². The summed E-state index contributed by atoms with van der Waals surface area (Å²) in [6.45, 7) is 1.98. The van der Waals surface area contributed by atoms with Gasteiger partial charge >= 0.3 is 5.97 Å². The lowest BCUT2D eigenvalue weighted by atomic mass is 10.1. The fourth-order valence-corrected chi connectivity index (χ4v) is 2.95. The number of anilines is 2. The highest BCUT2D eigenvalue weighted by molar-refractivity contribution is 5.77. The summed E-state index contributed by atoms with van der Waals surface area (Å²) < 4.78 is 0. The molecule has 1 fully saturated rings. The summed E-state index contributed by atoms with van der Waals surface area (Å²) in [5.41, 5.74) is 0.975. The first-order valence-corrected chi connectivity index (χ1v) is 8.32. The molecule has 1 aromatic heterocycles. The third-order valence-electron chi connectivity index (χ3n) is 4.24. The number of nitrogens with one attached hydrogen (secondary N) is 1. The molecule has 0 radical (unpaired) electrons. The number of benzene rings is 1. The third kappa shape index (κ3) is 4.22. The Morgan fingerprint density at radius 1 is 1.17 bits per heavy atom. The molecule has 0 unspecified atom stereocenters. The Labute approximate surface area is 141 Å². The molecular formula is C18H22N4O2.